The third-order valence-corrected chi connectivity index (χ3v) is 4.41. The van der Waals surface area contributed by atoms with Crippen LogP contribution in [0.25, 0.3) is 10.9 Å². The Bertz CT molecular complexity index is 1130. The third kappa shape index (κ3) is 5.23. The van der Waals surface area contributed by atoms with Crippen LogP contribution in [-0.4, -0.2) is 50.6 Å². The molecule has 1 aromatic heterocycles. The average Bonchev–Trinajstić information content (AvgIpc) is 2.79. The van der Waals surface area contributed by atoms with E-state index in [0.717, 1.165) is 5.39 Å². The van der Waals surface area contributed by atoms with Crippen LogP contribution in [-0.2, 0) is 9.47 Å². The predicted octanol–water partition coefficient (Wildman–Crippen LogP) is 3.39. The fraction of sp³-hybridized carbons (Fsp3) is 0.250. The van der Waals surface area contributed by atoms with Gasteiger partial charge in [-0.1, -0.05) is 17.9 Å². The normalized spacial score (nSPS) is 10.3. The molecule has 0 saturated carbocycles. The second-order valence-electron chi connectivity index (χ2n) is 6.36. The maximum absolute atomic E-state index is 5.87. The summed E-state index contributed by atoms with van der Waals surface area (Å²) >= 11 is 0. The number of hydrogen-bond donors (Lipinski definition) is 1. The van der Waals surface area contributed by atoms with Gasteiger partial charge in [0.15, 0.2) is 11.5 Å². The van der Waals surface area contributed by atoms with E-state index in [2.05, 4.69) is 27.1 Å². The number of methoxy groups -OCH3 is 2. The number of terminal acetylenes is 2. The summed E-state index contributed by atoms with van der Waals surface area (Å²) in [6.45, 7) is 1.64. The van der Waals surface area contributed by atoms with E-state index in [9.17, 15) is 0 Å². The molecular formula is C24H23N3O4. The summed E-state index contributed by atoms with van der Waals surface area (Å²) in [6, 6.07) is 9.12. The number of ether oxygens (including phenoxy) is 4. The van der Waals surface area contributed by atoms with Gasteiger partial charge in [-0.3, -0.25) is 0 Å². The maximum atomic E-state index is 5.87. The van der Waals surface area contributed by atoms with Crippen molar-refractivity contribution in [1.82, 2.24) is 9.97 Å². The minimum Gasteiger partial charge on any atom is -0.487 e. The van der Waals surface area contributed by atoms with Crippen molar-refractivity contribution in [3.05, 3.63) is 47.8 Å². The van der Waals surface area contributed by atoms with Crippen LogP contribution in [0.15, 0.2) is 36.7 Å². The van der Waals surface area contributed by atoms with E-state index in [1.165, 1.54) is 6.33 Å². The monoisotopic (exact) mass is 417 g/mol. The zero-order chi connectivity index (χ0) is 22.1. The third-order valence-electron chi connectivity index (χ3n) is 4.41. The maximum Gasteiger partial charge on any atom is 0.163 e. The number of fused-ring (bicyclic) bond motifs is 1. The summed E-state index contributed by atoms with van der Waals surface area (Å²) in [5, 5.41) is 4.02. The highest BCUT2D eigenvalue weighted by Crippen LogP contribution is 2.35. The Balaban J connectivity index is 2.02. The smallest absolute Gasteiger partial charge is 0.163 e. The zero-order valence-electron chi connectivity index (χ0n) is 17.5. The largest absolute Gasteiger partial charge is 0.487 e. The molecule has 0 spiro atoms. The molecule has 0 saturated heterocycles. The Morgan fingerprint density at radius 3 is 2.26 bits per heavy atom. The van der Waals surface area contributed by atoms with E-state index in [0.29, 0.717) is 66.1 Å². The molecule has 0 unspecified atom stereocenters. The molecule has 0 amide bonds. The highest BCUT2D eigenvalue weighted by molar-refractivity contribution is 5.93. The highest BCUT2D eigenvalue weighted by Gasteiger charge is 2.14. The first-order chi connectivity index (χ1) is 15.2. The Hall–Kier alpha value is -3.78. The molecule has 0 radical (unpaired) electrons. The molecular weight excluding hydrogens is 394 g/mol. The van der Waals surface area contributed by atoms with Gasteiger partial charge in [-0.25, -0.2) is 9.97 Å². The average molecular weight is 417 g/mol. The fourth-order valence-electron chi connectivity index (χ4n) is 2.92. The molecule has 0 fully saturated rings. The molecule has 0 aliphatic rings. The molecule has 1 heterocycles. The lowest BCUT2D eigenvalue weighted by Gasteiger charge is -2.16. The van der Waals surface area contributed by atoms with Crippen molar-refractivity contribution in [2.75, 3.05) is 46.0 Å². The summed E-state index contributed by atoms with van der Waals surface area (Å²) in [5.41, 5.74) is 2.58. The SMILES string of the molecule is C#Cc1cccc(Nc2ncnc3cc(OCCOC)c(OCCOC)cc23)c1C#C. The Morgan fingerprint density at radius 2 is 1.61 bits per heavy atom. The quantitative estimate of drug-likeness (QED) is 0.400. The molecule has 0 bridgehead atoms. The van der Waals surface area contributed by atoms with Crippen molar-refractivity contribution in [3.63, 3.8) is 0 Å². The molecule has 158 valence electrons. The van der Waals surface area contributed by atoms with E-state index in [1.54, 1.807) is 26.4 Å². The second kappa shape index (κ2) is 10.8. The van der Waals surface area contributed by atoms with Crippen LogP contribution in [0, 0.1) is 24.7 Å². The number of nitrogens with zero attached hydrogens (tertiary/aromatic N) is 2. The zero-order valence-corrected chi connectivity index (χ0v) is 17.5. The van der Waals surface area contributed by atoms with Crippen molar-refractivity contribution < 1.29 is 18.9 Å². The van der Waals surface area contributed by atoms with Gasteiger partial charge in [0, 0.05) is 31.2 Å². The van der Waals surface area contributed by atoms with E-state index in [-0.39, 0.29) is 0 Å². The van der Waals surface area contributed by atoms with Gasteiger partial charge in [0.1, 0.15) is 25.4 Å². The molecule has 2 aromatic carbocycles. The van der Waals surface area contributed by atoms with Crippen LogP contribution in [0.3, 0.4) is 0 Å². The van der Waals surface area contributed by atoms with E-state index >= 15 is 0 Å². The topological polar surface area (TPSA) is 74.7 Å². The van der Waals surface area contributed by atoms with E-state index < -0.39 is 0 Å². The molecule has 7 nitrogen and oxygen atoms in total. The summed E-state index contributed by atoms with van der Waals surface area (Å²) in [6.07, 6.45) is 12.7. The Morgan fingerprint density at radius 1 is 0.903 bits per heavy atom. The van der Waals surface area contributed by atoms with Gasteiger partial charge >= 0.3 is 0 Å². The summed E-state index contributed by atoms with van der Waals surface area (Å²) in [4.78, 5) is 8.76. The van der Waals surface area contributed by atoms with Gasteiger partial charge in [-0.2, -0.15) is 0 Å². The lowest BCUT2D eigenvalue weighted by Crippen LogP contribution is -2.09. The molecule has 7 heteroatoms. The highest BCUT2D eigenvalue weighted by atomic mass is 16.5. The fourth-order valence-corrected chi connectivity index (χ4v) is 2.92. The number of benzene rings is 2. The van der Waals surface area contributed by atoms with Crippen LogP contribution in [0.1, 0.15) is 11.1 Å². The van der Waals surface area contributed by atoms with E-state index in [1.807, 2.05) is 18.2 Å². The molecule has 1 N–H and O–H groups in total. The lowest BCUT2D eigenvalue weighted by atomic mass is 10.1. The number of hydrogen-bond acceptors (Lipinski definition) is 7. The molecule has 3 rings (SSSR count). The van der Waals surface area contributed by atoms with Crippen LogP contribution >= 0.6 is 0 Å². The van der Waals surface area contributed by atoms with Gasteiger partial charge < -0.3 is 24.3 Å². The lowest BCUT2D eigenvalue weighted by molar-refractivity contribution is 0.132. The Kier molecular flexibility index (Phi) is 7.67. The van der Waals surface area contributed by atoms with Gasteiger partial charge in [-0.15, -0.1) is 12.8 Å². The number of anilines is 2. The van der Waals surface area contributed by atoms with Crippen molar-refractivity contribution in [2.45, 2.75) is 0 Å². The summed E-state index contributed by atoms with van der Waals surface area (Å²) in [7, 11) is 3.23. The molecule has 0 atom stereocenters. The molecule has 0 aliphatic carbocycles. The first-order valence-corrected chi connectivity index (χ1v) is 9.57. The number of nitrogens with one attached hydrogen (secondary N) is 1. The number of rotatable bonds is 10. The summed E-state index contributed by atoms with van der Waals surface area (Å²) < 4.78 is 21.8. The molecule has 3 aromatic rings. The number of aromatic nitrogens is 2. The first kappa shape index (κ1) is 21.9. The second-order valence-corrected chi connectivity index (χ2v) is 6.36. The van der Waals surface area contributed by atoms with Crippen LogP contribution in [0.4, 0.5) is 11.5 Å². The predicted molar refractivity (Wildman–Crippen MR) is 120 cm³/mol. The molecule has 0 aliphatic heterocycles. The van der Waals surface area contributed by atoms with Crippen LogP contribution in [0.2, 0.25) is 0 Å². The standard InChI is InChI=1S/C24H23N3O4/c1-5-17-8-7-9-20(18(17)6-2)27-24-19-14-22(30-12-10-28-3)23(31-13-11-29-4)15-21(19)25-16-26-24/h1-2,7-9,14-16H,10-13H2,3-4H3,(H,25,26,27). The van der Waals surface area contributed by atoms with Crippen molar-refractivity contribution in [1.29, 1.82) is 0 Å². The van der Waals surface area contributed by atoms with Crippen LogP contribution < -0.4 is 14.8 Å². The van der Waals surface area contributed by atoms with Gasteiger partial charge in [0.05, 0.1) is 30.0 Å². The minimum atomic E-state index is 0.366. The summed E-state index contributed by atoms with van der Waals surface area (Å²) in [5.74, 6) is 6.93. The van der Waals surface area contributed by atoms with Crippen molar-refractivity contribution in [3.8, 4) is 36.2 Å². The van der Waals surface area contributed by atoms with Gasteiger partial charge in [0.25, 0.3) is 0 Å². The van der Waals surface area contributed by atoms with Crippen molar-refractivity contribution in [2.24, 2.45) is 0 Å². The van der Waals surface area contributed by atoms with Gasteiger partial charge in [-0.05, 0) is 18.2 Å². The molecule has 31 heavy (non-hydrogen) atoms. The minimum absolute atomic E-state index is 0.366. The van der Waals surface area contributed by atoms with E-state index in [4.69, 9.17) is 31.8 Å². The van der Waals surface area contributed by atoms with Crippen molar-refractivity contribution >= 4 is 22.4 Å². The first-order valence-electron chi connectivity index (χ1n) is 9.57. The van der Waals surface area contributed by atoms with Crippen LogP contribution in [0.5, 0.6) is 11.5 Å². The van der Waals surface area contributed by atoms with Gasteiger partial charge in [0.2, 0.25) is 0 Å². The Labute approximate surface area is 181 Å².